The molecule has 0 saturated carbocycles. The van der Waals surface area contributed by atoms with Gasteiger partial charge in [-0.05, 0) is 12.8 Å². The van der Waals surface area contributed by atoms with Crippen molar-refractivity contribution in [1.29, 1.82) is 0 Å². The van der Waals surface area contributed by atoms with E-state index < -0.39 is 9.84 Å². The molecule has 1 aliphatic heterocycles. The minimum atomic E-state index is -2.82. The quantitative estimate of drug-likeness (QED) is 0.830. The minimum absolute atomic E-state index is 0.0416. The summed E-state index contributed by atoms with van der Waals surface area (Å²) in [6.45, 7) is 0. The lowest BCUT2D eigenvalue weighted by Crippen LogP contribution is -2.34. The van der Waals surface area contributed by atoms with Crippen LogP contribution in [0.3, 0.4) is 0 Å². The molecule has 1 atom stereocenters. The Labute approximate surface area is 87.3 Å². The van der Waals surface area contributed by atoms with Crippen LogP contribution in [0.5, 0.6) is 0 Å². The Hall–Kier alpha value is -0.620. The first kappa shape index (κ1) is 9.92. The van der Waals surface area contributed by atoms with Crippen molar-refractivity contribution in [1.82, 2.24) is 4.98 Å². The number of nitrogens with one attached hydrogen (secondary N) is 1. The molecule has 1 aromatic rings. The van der Waals surface area contributed by atoms with Gasteiger partial charge < -0.3 is 5.32 Å². The van der Waals surface area contributed by atoms with Gasteiger partial charge in [0.15, 0.2) is 15.0 Å². The maximum absolute atomic E-state index is 11.3. The lowest BCUT2D eigenvalue weighted by molar-refractivity contribution is 0.562. The van der Waals surface area contributed by atoms with E-state index in [2.05, 4.69) is 10.3 Å². The molecule has 1 saturated heterocycles. The van der Waals surface area contributed by atoms with Gasteiger partial charge >= 0.3 is 0 Å². The number of rotatable bonds is 2. The average molecular weight is 232 g/mol. The van der Waals surface area contributed by atoms with Crippen molar-refractivity contribution in [3.8, 4) is 0 Å². The monoisotopic (exact) mass is 232 g/mol. The van der Waals surface area contributed by atoms with Crippen molar-refractivity contribution in [2.45, 2.75) is 18.9 Å². The molecule has 0 bridgehead atoms. The smallest absolute Gasteiger partial charge is 0.182 e. The molecule has 0 aromatic carbocycles. The number of aromatic nitrogens is 1. The Bertz CT molecular complexity index is 385. The van der Waals surface area contributed by atoms with Gasteiger partial charge in [0.05, 0.1) is 11.5 Å². The second-order valence-electron chi connectivity index (χ2n) is 3.44. The maximum Gasteiger partial charge on any atom is 0.182 e. The third-order valence-corrected chi connectivity index (χ3v) is 4.75. The van der Waals surface area contributed by atoms with Crippen molar-refractivity contribution in [3.63, 3.8) is 0 Å². The lowest BCUT2D eigenvalue weighted by Gasteiger charge is -2.22. The van der Waals surface area contributed by atoms with Gasteiger partial charge in [-0.25, -0.2) is 13.4 Å². The molecule has 1 fully saturated rings. The summed E-state index contributed by atoms with van der Waals surface area (Å²) in [6, 6.07) is 0.0416. The molecule has 1 N–H and O–H groups in total. The average Bonchev–Trinajstić information content (AvgIpc) is 2.54. The molecule has 1 aromatic heterocycles. The molecule has 0 spiro atoms. The molecule has 4 nitrogen and oxygen atoms in total. The van der Waals surface area contributed by atoms with Gasteiger partial charge in [-0.2, -0.15) is 0 Å². The van der Waals surface area contributed by atoms with Crippen LogP contribution in [-0.2, 0) is 9.84 Å². The molecule has 6 heteroatoms. The Kier molecular flexibility index (Phi) is 2.73. The normalized spacial score (nSPS) is 25.9. The van der Waals surface area contributed by atoms with E-state index in [1.165, 1.54) is 11.3 Å². The second kappa shape index (κ2) is 3.86. The molecular weight excluding hydrogens is 220 g/mol. The highest BCUT2D eigenvalue weighted by Crippen LogP contribution is 2.18. The van der Waals surface area contributed by atoms with Gasteiger partial charge in [-0.3, -0.25) is 0 Å². The summed E-state index contributed by atoms with van der Waals surface area (Å²) in [5.41, 5.74) is 0. The summed E-state index contributed by atoms with van der Waals surface area (Å²) in [7, 11) is -2.82. The van der Waals surface area contributed by atoms with Gasteiger partial charge in [-0.1, -0.05) is 0 Å². The summed E-state index contributed by atoms with van der Waals surface area (Å²) < 4.78 is 22.7. The van der Waals surface area contributed by atoms with E-state index in [1.807, 2.05) is 5.38 Å². The molecule has 1 unspecified atom stereocenters. The second-order valence-corrected chi connectivity index (χ2v) is 6.56. The highest BCUT2D eigenvalue weighted by atomic mass is 32.2. The third-order valence-electron chi connectivity index (χ3n) is 2.22. The first-order valence-corrected chi connectivity index (χ1v) is 7.22. The van der Waals surface area contributed by atoms with E-state index in [0.717, 1.165) is 18.0 Å². The van der Waals surface area contributed by atoms with Crippen LogP contribution in [0.15, 0.2) is 11.6 Å². The zero-order valence-electron chi connectivity index (χ0n) is 7.64. The summed E-state index contributed by atoms with van der Waals surface area (Å²) in [5, 5.41) is 5.83. The number of hydrogen-bond acceptors (Lipinski definition) is 5. The zero-order chi connectivity index (χ0) is 10.0. The van der Waals surface area contributed by atoms with Crippen LogP contribution in [0.1, 0.15) is 12.8 Å². The predicted octanol–water partition coefficient (Wildman–Crippen LogP) is 1.13. The third kappa shape index (κ3) is 2.45. The summed E-state index contributed by atoms with van der Waals surface area (Å²) in [6.07, 6.45) is 3.38. The largest absolute Gasteiger partial charge is 0.358 e. The summed E-state index contributed by atoms with van der Waals surface area (Å²) in [4.78, 5) is 4.07. The van der Waals surface area contributed by atoms with Crippen molar-refractivity contribution in [3.05, 3.63) is 11.6 Å². The Morgan fingerprint density at radius 3 is 3.07 bits per heavy atom. The minimum Gasteiger partial charge on any atom is -0.358 e. The van der Waals surface area contributed by atoms with E-state index in [9.17, 15) is 8.42 Å². The van der Waals surface area contributed by atoms with Crippen LogP contribution in [-0.4, -0.2) is 30.9 Å². The number of thiazole rings is 1. The van der Waals surface area contributed by atoms with E-state index in [0.29, 0.717) is 5.75 Å². The van der Waals surface area contributed by atoms with E-state index >= 15 is 0 Å². The molecule has 14 heavy (non-hydrogen) atoms. The molecule has 0 amide bonds. The van der Waals surface area contributed by atoms with Crippen LogP contribution in [0, 0.1) is 0 Å². The SMILES string of the molecule is O=S1(=O)CCCC(Nc2nccs2)C1. The molecule has 0 aliphatic carbocycles. The molecule has 0 radical (unpaired) electrons. The summed E-state index contributed by atoms with van der Waals surface area (Å²) >= 11 is 1.50. The van der Waals surface area contributed by atoms with Crippen LogP contribution in [0.4, 0.5) is 5.13 Å². The highest BCUT2D eigenvalue weighted by molar-refractivity contribution is 7.91. The summed E-state index contributed by atoms with van der Waals surface area (Å²) in [5.74, 6) is 0.579. The first-order valence-electron chi connectivity index (χ1n) is 4.52. The number of nitrogens with zero attached hydrogens (tertiary/aromatic N) is 1. The van der Waals surface area contributed by atoms with Crippen molar-refractivity contribution in [2.75, 3.05) is 16.8 Å². The molecule has 1 aliphatic rings. The number of anilines is 1. The Morgan fingerprint density at radius 1 is 1.57 bits per heavy atom. The lowest BCUT2D eigenvalue weighted by atomic mass is 10.2. The Morgan fingerprint density at radius 2 is 2.43 bits per heavy atom. The molecule has 2 heterocycles. The van der Waals surface area contributed by atoms with Gasteiger partial charge in [0, 0.05) is 17.6 Å². The van der Waals surface area contributed by atoms with Gasteiger partial charge in [0.25, 0.3) is 0 Å². The first-order chi connectivity index (χ1) is 6.66. The Balaban J connectivity index is 1.99. The fraction of sp³-hybridized carbons (Fsp3) is 0.625. The van der Waals surface area contributed by atoms with Crippen molar-refractivity contribution >= 4 is 26.3 Å². The van der Waals surface area contributed by atoms with Gasteiger partial charge in [0.2, 0.25) is 0 Å². The number of hydrogen-bond donors (Lipinski definition) is 1. The molecule has 78 valence electrons. The molecular formula is C8H12N2O2S2. The van der Waals surface area contributed by atoms with Crippen LogP contribution < -0.4 is 5.32 Å². The molecule has 2 rings (SSSR count). The van der Waals surface area contributed by atoms with Gasteiger partial charge in [-0.15, -0.1) is 11.3 Å². The fourth-order valence-corrected chi connectivity index (χ4v) is 3.85. The maximum atomic E-state index is 11.3. The van der Waals surface area contributed by atoms with Crippen LogP contribution in [0.2, 0.25) is 0 Å². The zero-order valence-corrected chi connectivity index (χ0v) is 9.27. The van der Waals surface area contributed by atoms with Crippen molar-refractivity contribution < 1.29 is 8.42 Å². The van der Waals surface area contributed by atoms with E-state index in [4.69, 9.17) is 0 Å². The highest BCUT2D eigenvalue weighted by Gasteiger charge is 2.24. The standard InChI is InChI=1S/C8H12N2O2S2/c11-14(12)5-1-2-7(6-14)10-8-9-3-4-13-8/h3-4,7H,1-2,5-6H2,(H,9,10). The van der Waals surface area contributed by atoms with Crippen LogP contribution in [0.25, 0.3) is 0 Å². The fourth-order valence-electron chi connectivity index (χ4n) is 1.61. The van der Waals surface area contributed by atoms with E-state index in [-0.39, 0.29) is 11.8 Å². The number of sulfone groups is 1. The predicted molar refractivity (Wildman–Crippen MR) is 57.4 cm³/mol. The van der Waals surface area contributed by atoms with E-state index in [1.54, 1.807) is 6.20 Å². The van der Waals surface area contributed by atoms with Crippen molar-refractivity contribution in [2.24, 2.45) is 0 Å². The van der Waals surface area contributed by atoms with Gasteiger partial charge in [0.1, 0.15) is 0 Å². The topological polar surface area (TPSA) is 59.1 Å². The van der Waals surface area contributed by atoms with Crippen LogP contribution >= 0.6 is 11.3 Å².